The van der Waals surface area contributed by atoms with E-state index in [0.29, 0.717) is 5.56 Å². The fraction of sp³-hybridized carbons (Fsp3) is 0.400. The summed E-state index contributed by atoms with van der Waals surface area (Å²) in [5, 5.41) is 0. The maximum atomic E-state index is 14.2. The lowest BCUT2D eigenvalue weighted by Crippen LogP contribution is -2.34. The van der Waals surface area contributed by atoms with Gasteiger partial charge in [-0.1, -0.05) is 58.0 Å². The summed E-state index contributed by atoms with van der Waals surface area (Å²) >= 11 is 0. The molecule has 2 aromatic rings. The van der Waals surface area contributed by atoms with E-state index in [1.165, 1.54) is 48.8 Å². The minimum atomic E-state index is -0.664. The van der Waals surface area contributed by atoms with Crippen LogP contribution in [0.3, 0.4) is 0 Å². The van der Waals surface area contributed by atoms with Gasteiger partial charge in [-0.2, -0.15) is 0 Å². The first-order chi connectivity index (χ1) is 13.0. The molecular weight excluding hydrogens is 351 g/mol. The second kappa shape index (κ2) is 7.20. The average molecular weight is 381 g/mol. The minimum absolute atomic E-state index is 0.0476. The van der Waals surface area contributed by atoms with Crippen molar-refractivity contribution in [2.24, 2.45) is 0 Å². The number of aryl methyl sites for hydroxylation is 1. The van der Waals surface area contributed by atoms with E-state index in [-0.39, 0.29) is 16.4 Å². The zero-order valence-corrected chi connectivity index (χ0v) is 17.7. The van der Waals surface area contributed by atoms with Crippen molar-refractivity contribution in [3.8, 4) is 0 Å². The Hall–Kier alpha value is -2.42. The number of methoxy groups -OCH3 is 1. The van der Waals surface area contributed by atoms with Gasteiger partial charge in [0.25, 0.3) is 0 Å². The van der Waals surface area contributed by atoms with Crippen molar-refractivity contribution in [3.05, 3.63) is 69.5 Å². The number of hydrogen-bond acceptors (Lipinski definition) is 2. The Morgan fingerprint density at radius 2 is 1.61 bits per heavy atom. The lowest BCUT2D eigenvalue weighted by molar-refractivity contribution is 0.0595. The smallest absolute Gasteiger partial charge is 0.340 e. The van der Waals surface area contributed by atoms with Crippen LogP contribution in [0.4, 0.5) is 4.39 Å². The van der Waals surface area contributed by atoms with Crippen LogP contribution in [-0.4, -0.2) is 13.1 Å². The van der Waals surface area contributed by atoms with Gasteiger partial charge in [-0.15, -0.1) is 0 Å². The Morgan fingerprint density at radius 1 is 1.00 bits per heavy atom. The highest BCUT2D eigenvalue weighted by Crippen LogP contribution is 2.46. The third kappa shape index (κ3) is 3.76. The van der Waals surface area contributed by atoms with Gasteiger partial charge in [-0.05, 0) is 70.5 Å². The number of ether oxygens (including phenoxy) is 1. The number of carbonyl (C=O) groups is 1. The Labute approximate surface area is 167 Å². The predicted molar refractivity (Wildman–Crippen MR) is 113 cm³/mol. The molecule has 0 aliphatic heterocycles. The van der Waals surface area contributed by atoms with Crippen LogP contribution in [-0.2, 0) is 15.6 Å². The van der Waals surface area contributed by atoms with Gasteiger partial charge in [0.15, 0.2) is 0 Å². The summed E-state index contributed by atoms with van der Waals surface area (Å²) < 4.78 is 18.8. The Balaban J connectivity index is 1.97. The number of halogens is 1. The molecule has 0 fully saturated rings. The van der Waals surface area contributed by atoms with Crippen LogP contribution in [0.2, 0.25) is 0 Å². The molecule has 3 heteroatoms. The van der Waals surface area contributed by atoms with Crippen LogP contribution in [0.1, 0.15) is 78.7 Å². The van der Waals surface area contributed by atoms with Crippen LogP contribution in [0, 0.1) is 12.7 Å². The molecule has 2 aromatic carbocycles. The van der Waals surface area contributed by atoms with Gasteiger partial charge in [0.05, 0.1) is 12.7 Å². The molecule has 0 N–H and O–H groups in total. The fourth-order valence-electron chi connectivity index (χ4n) is 4.01. The number of esters is 1. The highest BCUT2D eigenvalue weighted by molar-refractivity contribution is 5.90. The van der Waals surface area contributed by atoms with Crippen LogP contribution in [0.5, 0.6) is 0 Å². The molecule has 28 heavy (non-hydrogen) atoms. The summed E-state index contributed by atoms with van der Waals surface area (Å²) in [7, 11) is 1.25. The van der Waals surface area contributed by atoms with Gasteiger partial charge >= 0.3 is 5.97 Å². The first-order valence-electron chi connectivity index (χ1n) is 9.77. The van der Waals surface area contributed by atoms with Gasteiger partial charge in [0.2, 0.25) is 0 Å². The number of rotatable bonds is 3. The molecule has 148 valence electrons. The lowest BCUT2D eigenvalue weighted by atomic mass is 9.62. The van der Waals surface area contributed by atoms with E-state index in [2.05, 4.69) is 51.5 Å². The van der Waals surface area contributed by atoms with Crippen LogP contribution >= 0.6 is 0 Å². The van der Waals surface area contributed by atoms with Crippen molar-refractivity contribution in [1.29, 1.82) is 0 Å². The topological polar surface area (TPSA) is 26.3 Å². The molecule has 2 nitrogen and oxygen atoms in total. The molecule has 0 spiro atoms. The Kier molecular flexibility index (Phi) is 5.22. The summed E-state index contributed by atoms with van der Waals surface area (Å²) in [4.78, 5) is 11.5. The Bertz CT molecular complexity index is 951. The van der Waals surface area contributed by atoms with E-state index in [1.54, 1.807) is 6.07 Å². The molecule has 0 saturated heterocycles. The molecule has 0 aromatic heterocycles. The average Bonchev–Trinajstić information content (AvgIpc) is 2.63. The van der Waals surface area contributed by atoms with Crippen molar-refractivity contribution in [2.75, 3.05) is 7.11 Å². The molecule has 3 rings (SSSR count). The standard InChI is InChI=1S/C25H29FO2/c1-16-13-20-21(25(4,5)12-11-24(20,2)3)15-18(16)9-7-17-8-10-19(22(26)14-17)23(27)28-6/h7-10,13-15H,11-12H2,1-6H3. The van der Waals surface area contributed by atoms with Crippen molar-refractivity contribution in [3.63, 3.8) is 0 Å². The van der Waals surface area contributed by atoms with Crippen LogP contribution in [0.15, 0.2) is 30.3 Å². The van der Waals surface area contributed by atoms with E-state index < -0.39 is 11.8 Å². The maximum Gasteiger partial charge on any atom is 0.340 e. The summed E-state index contributed by atoms with van der Waals surface area (Å²) in [5.41, 5.74) is 6.19. The van der Waals surface area contributed by atoms with Gasteiger partial charge < -0.3 is 4.74 Å². The lowest BCUT2D eigenvalue weighted by Gasteiger charge is -2.42. The monoisotopic (exact) mass is 380 g/mol. The molecule has 0 radical (unpaired) electrons. The number of fused-ring (bicyclic) bond motifs is 1. The Morgan fingerprint density at radius 3 is 2.18 bits per heavy atom. The maximum absolute atomic E-state index is 14.2. The molecule has 1 aliphatic rings. The first-order valence-corrected chi connectivity index (χ1v) is 9.77. The second-order valence-electron chi connectivity index (χ2n) is 9.09. The normalized spacial score (nSPS) is 17.4. The first kappa shape index (κ1) is 20.3. The quantitative estimate of drug-likeness (QED) is 0.452. The molecule has 0 heterocycles. The molecule has 0 bridgehead atoms. The van der Waals surface area contributed by atoms with Gasteiger partial charge in [0, 0.05) is 0 Å². The number of benzene rings is 2. The second-order valence-corrected chi connectivity index (χ2v) is 9.09. The summed E-state index contributed by atoms with van der Waals surface area (Å²) in [6.45, 7) is 11.4. The van der Waals surface area contributed by atoms with Crippen LogP contribution in [0.25, 0.3) is 12.2 Å². The zero-order chi connectivity index (χ0) is 20.7. The zero-order valence-electron chi connectivity index (χ0n) is 17.7. The van der Waals surface area contributed by atoms with Gasteiger partial charge in [-0.25, -0.2) is 9.18 Å². The van der Waals surface area contributed by atoms with Gasteiger partial charge in [0.1, 0.15) is 5.82 Å². The predicted octanol–water partition coefficient (Wildman–Crippen LogP) is 6.44. The highest BCUT2D eigenvalue weighted by atomic mass is 19.1. The van der Waals surface area contributed by atoms with E-state index in [0.717, 1.165) is 5.56 Å². The molecule has 0 atom stereocenters. The fourth-order valence-corrected chi connectivity index (χ4v) is 4.01. The van der Waals surface area contributed by atoms with E-state index in [9.17, 15) is 9.18 Å². The third-order valence-electron chi connectivity index (χ3n) is 6.09. The van der Waals surface area contributed by atoms with Crippen molar-refractivity contribution >= 4 is 18.1 Å². The molecular formula is C25H29FO2. The minimum Gasteiger partial charge on any atom is -0.465 e. The van der Waals surface area contributed by atoms with Crippen molar-refractivity contribution in [2.45, 2.75) is 58.3 Å². The summed E-state index contributed by atoms with van der Waals surface area (Å²) in [5.74, 6) is -1.23. The molecule has 1 aliphatic carbocycles. The summed E-state index contributed by atoms with van der Waals surface area (Å²) in [6.07, 6.45) is 6.27. The summed E-state index contributed by atoms with van der Waals surface area (Å²) in [6, 6.07) is 9.17. The van der Waals surface area contributed by atoms with Crippen molar-refractivity contribution < 1.29 is 13.9 Å². The SMILES string of the molecule is COC(=O)c1ccc(C=Cc2cc3c(cc2C)C(C)(C)CCC3(C)C)cc1F. The third-order valence-corrected chi connectivity index (χ3v) is 6.09. The van der Waals surface area contributed by atoms with Crippen molar-refractivity contribution in [1.82, 2.24) is 0 Å². The largest absolute Gasteiger partial charge is 0.465 e. The number of hydrogen-bond donors (Lipinski definition) is 0. The molecule has 0 unspecified atom stereocenters. The van der Waals surface area contributed by atoms with Crippen LogP contribution < -0.4 is 0 Å². The highest BCUT2D eigenvalue weighted by Gasteiger charge is 2.37. The van der Waals surface area contributed by atoms with E-state index in [1.807, 2.05) is 12.2 Å². The van der Waals surface area contributed by atoms with E-state index in [4.69, 9.17) is 0 Å². The molecule has 0 saturated carbocycles. The number of carbonyl (C=O) groups excluding carboxylic acids is 1. The van der Waals surface area contributed by atoms with E-state index >= 15 is 0 Å². The van der Waals surface area contributed by atoms with Gasteiger partial charge in [-0.3, -0.25) is 0 Å². The molecule has 0 amide bonds.